The van der Waals surface area contributed by atoms with E-state index in [-0.39, 0.29) is 9.98 Å². The molecule has 0 bridgehead atoms. The van der Waals surface area contributed by atoms with E-state index >= 15 is 0 Å². The van der Waals surface area contributed by atoms with Gasteiger partial charge in [0.15, 0.2) is 5.60 Å². The fraction of sp³-hybridized carbons (Fsp3) is 0.250. The molecule has 0 saturated carbocycles. The summed E-state index contributed by atoms with van der Waals surface area (Å²) in [5, 5.41) is 8.38. The van der Waals surface area contributed by atoms with E-state index in [4.69, 9.17) is 45.7 Å². The molecule has 5 N–H and O–H groups in total. The molecule has 0 radical (unpaired) electrons. The van der Waals surface area contributed by atoms with Gasteiger partial charge in [0.25, 0.3) is 0 Å². The molecule has 1 rings (SSSR count). The maximum Gasteiger partial charge on any atom is 0.335 e. The first kappa shape index (κ1) is 17.4. The highest BCUT2D eigenvalue weighted by Gasteiger charge is 2.30. The summed E-state index contributed by atoms with van der Waals surface area (Å²) in [7, 11) is 1.46. The molecule has 0 aliphatic carbocycles. The second-order valence-corrected chi connectivity index (χ2v) is 4.52. The second kappa shape index (κ2) is 7.78. The van der Waals surface area contributed by atoms with E-state index < -0.39 is 11.6 Å². The van der Waals surface area contributed by atoms with Crippen LogP contribution < -0.4 is 11.5 Å². The van der Waals surface area contributed by atoms with Crippen molar-refractivity contribution < 1.29 is 14.6 Å². The van der Waals surface area contributed by atoms with Gasteiger partial charge in [0.05, 0.1) is 5.56 Å². The molecule has 5 nitrogen and oxygen atoms in total. The van der Waals surface area contributed by atoms with Crippen molar-refractivity contribution >= 4 is 40.4 Å². The standard InChI is InChI=1S/C7H6O2.C5H10N2OS2/c8-7(9)6-4-2-1-3-5-6;1-5(8-2,3(6)9)4(7)10/h1-5H,(H,8,9);1-2H3,(H2,6,9)(H2,7,10). The first-order valence-electron chi connectivity index (χ1n) is 5.19. The lowest BCUT2D eigenvalue weighted by molar-refractivity contribution is 0.0697. The number of rotatable bonds is 4. The van der Waals surface area contributed by atoms with Gasteiger partial charge in [-0.3, -0.25) is 0 Å². The van der Waals surface area contributed by atoms with Crippen molar-refractivity contribution in [1.29, 1.82) is 0 Å². The zero-order valence-corrected chi connectivity index (χ0v) is 12.3. The maximum absolute atomic E-state index is 10.2. The Morgan fingerprint density at radius 1 is 1.21 bits per heavy atom. The van der Waals surface area contributed by atoms with Gasteiger partial charge < -0.3 is 21.3 Å². The highest BCUT2D eigenvalue weighted by molar-refractivity contribution is 7.82. The van der Waals surface area contributed by atoms with Crippen molar-refractivity contribution in [3.63, 3.8) is 0 Å². The third-order valence-electron chi connectivity index (χ3n) is 2.37. The molecule has 0 saturated heterocycles. The summed E-state index contributed by atoms with van der Waals surface area (Å²) < 4.78 is 4.93. The maximum atomic E-state index is 10.2. The van der Waals surface area contributed by atoms with Crippen molar-refractivity contribution in [3.8, 4) is 0 Å². The van der Waals surface area contributed by atoms with Crippen LogP contribution in [0, 0.1) is 0 Å². The molecule has 19 heavy (non-hydrogen) atoms. The molecule has 0 fully saturated rings. The summed E-state index contributed by atoms with van der Waals surface area (Å²) >= 11 is 9.38. The van der Waals surface area contributed by atoms with Crippen molar-refractivity contribution in [2.75, 3.05) is 7.11 Å². The Morgan fingerprint density at radius 3 is 1.79 bits per heavy atom. The number of methoxy groups -OCH3 is 1. The van der Waals surface area contributed by atoms with Crippen LogP contribution in [-0.2, 0) is 4.74 Å². The first-order chi connectivity index (χ1) is 8.75. The normalized spacial score (nSPS) is 10.0. The minimum atomic E-state index is -0.940. The third-order valence-corrected chi connectivity index (χ3v) is 3.15. The summed E-state index contributed by atoms with van der Waals surface area (Å²) in [4.78, 5) is 10.5. The molecule has 0 atom stereocenters. The van der Waals surface area contributed by atoms with Crippen LogP contribution in [0.5, 0.6) is 0 Å². The molecule has 0 heterocycles. The van der Waals surface area contributed by atoms with Gasteiger partial charge in [0.1, 0.15) is 9.98 Å². The highest BCUT2D eigenvalue weighted by Crippen LogP contribution is 2.09. The van der Waals surface area contributed by atoms with Crippen LogP contribution in [0.15, 0.2) is 30.3 Å². The second-order valence-electron chi connectivity index (χ2n) is 3.64. The highest BCUT2D eigenvalue weighted by atomic mass is 32.1. The quantitative estimate of drug-likeness (QED) is 0.722. The van der Waals surface area contributed by atoms with Gasteiger partial charge in [0, 0.05) is 7.11 Å². The summed E-state index contributed by atoms with van der Waals surface area (Å²) in [6, 6.07) is 8.30. The number of carbonyl (C=O) groups is 1. The van der Waals surface area contributed by atoms with Crippen molar-refractivity contribution in [1.82, 2.24) is 0 Å². The molecule has 0 aliphatic heterocycles. The molecular formula is C12H16N2O3S2. The monoisotopic (exact) mass is 300 g/mol. The largest absolute Gasteiger partial charge is 0.478 e. The van der Waals surface area contributed by atoms with E-state index in [1.807, 2.05) is 0 Å². The Hall–Kier alpha value is -1.57. The lowest BCUT2D eigenvalue weighted by Crippen LogP contribution is -2.51. The molecule has 7 heteroatoms. The molecule has 1 aromatic rings. The Morgan fingerprint density at radius 2 is 1.63 bits per heavy atom. The lowest BCUT2D eigenvalue weighted by atomic mass is 10.1. The summed E-state index contributed by atoms with van der Waals surface area (Å²) in [5.41, 5.74) is 10.0. The molecule has 0 spiro atoms. The van der Waals surface area contributed by atoms with Gasteiger partial charge in [-0.05, 0) is 19.1 Å². The molecule has 104 valence electrons. The van der Waals surface area contributed by atoms with Gasteiger partial charge in [0.2, 0.25) is 0 Å². The minimum absolute atomic E-state index is 0.155. The Balaban J connectivity index is 0.000000342. The predicted molar refractivity (Wildman–Crippen MR) is 82.4 cm³/mol. The van der Waals surface area contributed by atoms with Crippen molar-refractivity contribution in [2.45, 2.75) is 12.5 Å². The van der Waals surface area contributed by atoms with Gasteiger partial charge in [-0.1, -0.05) is 42.6 Å². The van der Waals surface area contributed by atoms with E-state index in [1.165, 1.54) is 7.11 Å². The van der Waals surface area contributed by atoms with Crippen LogP contribution >= 0.6 is 24.4 Å². The zero-order chi connectivity index (χ0) is 15.1. The number of carboxylic acid groups (broad SMARTS) is 1. The topological polar surface area (TPSA) is 98.6 Å². The summed E-state index contributed by atoms with van der Waals surface area (Å²) in [6.07, 6.45) is 0. The molecular weight excluding hydrogens is 284 g/mol. The van der Waals surface area contributed by atoms with Crippen LogP contribution in [0.1, 0.15) is 17.3 Å². The van der Waals surface area contributed by atoms with Gasteiger partial charge >= 0.3 is 5.97 Å². The number of carboxylic acids is 1. The summed E-state index contributed by atoms with van der Waals surface area (Å²) in [6.45, 7) is 1.64. The van der Waals surface area contributed by atoms with Crippen LogP contribution in [0.3, 0.4) is 0 Å². The number of hydrogen-bond donors (Lipinski definition) is 3. The van der Waals surface area contributed by atoms with Crippen molar-refractivity contribution in [2.24, 2.45) is 11.5 Å². The van der Waals surface area contributed by atoms with Crippen molar-refractivity contribution in [3.05, 3.63) is 35.9 Å². The van der Waals surface area contributed by atoms with Crippen LogP contribution in [0.4, 0.5) is 0 Å². The minimum Gasteiger partial charge on any atom is -0.478 e. The molecule has 0 unspecified atom stereocenters. The fourth-order valence-electron chi connectivity index (χ4n) is 0.903. The van der Waals surface area contributed by atoms with E-state index in [0.717, 1.165) is 0 Å². The van der Waals surface area contributed by atoms with E-state index in [0.29, 0.717) is 5.56 Å². The number of nitrogens with two attached hydrogens (primary N) is 2. The Labute approximate surface area is 122 Å². The molecule has 0 amide bonds. The van der Waals surface area contributed by atoms with Crippen LogP contribution in [0.25, 0.3) is 0 Å². The number of benzene rings is 1. The number of ether oxygens (including phenoxy) is 1. The average molecular weight is 300 g/mol. The smallest absolute Gasteiger partial charge is 0.335 e. The summed E-state index contributed by atoms with van der Waals surface area (Å²) in [5.74, 6) is -0.879. The van der Waals surface area contributed by atoms with E-state index in [2.05, 4.69) is 0 Å². The predicted octanol–water partition coefficient (Wildman–Crippen LogP) is 1.35. The Kier molecular flexibility index (Phi) is 7.13. The van der Waals surface area contributed by atoms with Crippen LogP contribution in [0.2, 0.25) is 0 Å². The lowest BCUT2D eigenvalue weighted by Gasteiger charge is -2.24. The molecule has 1 aromatic carbocycles. The Bertz CT molecular complexity index is 449. The fourth-order valence-corrected chi connectivity index (χ4v) is 1.35. The SMILES string of the molecule is COC(C)(C(N)=S)C(N)=S.O=C(O)c1ccccc1. The van der Waals surface area contributed by atoms with Gasteiger partial charge in [-0.15, -0.1) is 0 Å². The first-order valence-corrected chi connectivity index (χ1v) is 6.00. The molecule has 0 aromatic heterocycles. The molecule has 0 aliphatic rings. The third kappa shape index (κ3) is 5.29. The van der Waals surface area contributed by atoms with Gasteiger partial charge in [-0.25, -0.2) is 4.79 Å². The van der Waals surface area contributed by atoms with E-state index in [9.17, 15) is 4.79 Å². The number of hydrogen-bond acceptors (Lipinski definition) is 4. The zero-order valence-electron chi connectivity index (χ0n) is 10.6. The van der Waals surface area contributed by atoms with Crippen LogP contribution in [-0.4, -0.2) is 33.8 Å². The van der Waals surface area contributed by atoms with E-state index in [1.54, 1.807) is 37.3 Å². The average Bonchev–Trinajstić information content (AvgIpc) is 2.39. The number of aromatic carboxylic acids is 1. The van der Waals surface area contributed by atoms with Gasteiger partial charge in [-0.2, -0.15) is 0 Å². The number of thiocarbonyl (C=S) groups is 2.